The first-order chi connectivity index (χ1) is 10.9. The molecule has 1 heterocycles. The number of benzene rings is 1. The minimum atomic E-state index is -0.945. The van der Waals surface area contributed by atoms with Gasteiger partial charge in [0.05, 0.1) is 24.7 Å². The van der Waals surface area contributed by atoms with E-state index in [4.69, 9.17) is 4.74 Å². The highest BCUT2D eigenvalue weighted by molar-refractivity contribution is 5.83. The van der Waals surface area contributed by atoms with Crippen molar-refractivity contribution in [3.05, 3.63) is 35.4 Å². The van der Waals surface area contributed by atoms with Gasteiger partial charge in [-0.2, -0.15) is 0 Å². The van der Waals surface area contributed by atoms with E-state index in [2.05, 4.69) is 10.2 Å². The molecule has 0 aromatic heterocycles. The van der Waals surface area contributed by atoms with Gasteiger partial charge < -0.3 is 15.2 Å². The Hall–Kier alpha value is -1.43. The first kappa shape index (κ1) is 17.9. The summed E-state index contributed by atoms with van der Waals surface area (Å²) in [7, 11) is 0. The lowest BCUT2D eigenvalue weighted by Crippen LogP contribution is -2.51. The largest absolute Gasteiger partial charge is 0.387 e. The number of rotatable bonds is 6. The zero-order valence-electron chi connectivity index (χ0n) is 14.3. The van der Waals surface area contributed by atoms with E-state index in [0.717, 1.165) is 24.2 Å². The summed E-state index contributed by atoms with van der Waals surface area (Å²) in [6.07, 6.45) is 0. The van der Waals surface area contributed by atoms with E-state index in [0.29, 0.717) is 19.8 Å². The molecular formula is C18H28N2O3. The maximum Gasteiger partial charge on any atom is 0.227 e. The van der Waals surface area contributed by atoms with E-state index >= 15 is 0 Å². The Kier molecular flexibility index (Phi) is 6.16. The molecule has 1 amide bonds. The number of aryl methyl sites for hydroxylation is 1. The normalized spacial score (nSPS) is 19.8. The number of aliphatic hydroxyl groups is 1. The predicted octanol–water partition coefficient (Wildman–Crippen LogP) is 1.30. The van der Waals surface area contributed by atoms with E-state index in [9.17, 15) is 9.90 Å². The molecule has 1 saturated heterocycles. The fourth-order valence-corrected chi connectivity index (χ4v) is 2.82. The molecule has 0 bridgehead atoms. The van der Waals surface area contributed by atoms with Gasteiger partial charge in [0, 0.05) is 26.2 Å². The van der Waals surface area contributed by atoms with Crippen LogP contribution in [-0.2, 0) is 9.53 Å². The van der Waals surface area contributed by atoms with Crippen molar-refractivity contribution in [2.45, 2.75) is 32.3 Å². The third-order valence-corrected chi connectivity index (χ3v) is 4.25. The molecule has 1 aliphatic heterocycles. The second-order valence-electron chi connectivity index (χ2n) is 6.74. The van der Waals surface area contributed by atoms with Crippen molar-refractivity contribution < 1.29 is 14.6 Å². The maximum atomic E-state index is 12.3. The number of carbonyl (C=O) groups is 1. The van der Waals surface area contributed by atoms with Gasteiger partial charge in [-0.1, -0.05) is 29.8 Å². The Morgan fingerprint density at radius 3 is 2.78 bits per heavy atom. The van der Waals surface area contributed by atoms with Crippen molar-refractivity contribution in [3.63, 3.8) is 0 Å². The number of amides is 1. The molecule has 2 atom stereocenters. The van der Waals surface area contributed by atoms with Gasteiger partial charge in [0.15, 0.2) is 0 Å². The smallest absolute Gasteiger partial charge is 0.227 e. The zero-order valence-corrected chi connectivity index (χ0v) is 14.3. The summed E-state index contributed by atoms with van der Waals surface area (Å²) in [4.78, 5) is 14.5. The Bertz CT molecular complexity index is 525. The second-order valence-corrected chi connectivity index (χ2v) is 6.74. The Labute approximate surface area is 138 Å². The van der Waals surface area contributed by atoms with Crippen LogP contribution in [-0.4, -0.2) is 60.9 Å². The summed E-state index contributed by atoms with van der Waals surface area (Å²) in [6.45, 7) is 9.50. The Balaban J connectivity index is 1.84. The number of morpholine rings is 1. The molecule has 1 fully saturated rings. The van der Waals surface area contributed by atoms with Crippen molar-refractivity contribution in [2.24, 2.45) is 0 Å². The SMILES string of the molecule is Cc1cccc(C(C)C(=O)NCC(C)(O)CN2CCOCC2)c1. The van der Waals surface area contributed by atoms with Crippen LogP contribution in [0.5, 0.6) is 0 Å². The fraction of sp³-hybridized carbons (Fsp3) is 0.611. The van der Waals surface area contributed by atoms with Crippen molar-refractivity contribution >= 4 is 5.91 Å². The predicted molar refractivity (Wildman–Crippen MR) is 90.5 cm³/mol. The lowest BCUT2D eigenvalue weighted by Gasteiger charge is -2.34. The highest BCUT2D eigenvalue weighted by Gasteiger charge is 2.27. The molecule has 2 N–H and O–H groups in total. The molecule has 1 aromatic rings. The zero-order chi connectivity index (χ0) is 16.9. The van der Waals surface area contributed by atoms with Crippen LogP contribution < -0.4 is 5.32 Å². The molecular weight excluding hydrogens is 292 g/mol. The van der Waals surface area contributed by atoms with Crippen molar-refractivity contribution in [1.29, 1.82) is 0 Å². The number of carbonyl (C=O) groups excluding carboxylic acids is 1. The number of β-amino-alcohol motifs (C(OH)–C–C–N with tert-alkyl or cyclic N) is 1. The third kappa shape index (κ3) is 5.61. The van der Waals surface area contributed by atoms with Crippen LogP contribution in [0.4, 0.5) is 0 Å². The van der Waals surface area contributed by atoms with Crippen molar-refractivity contribution in [1.82, 2.24) is 10.2 Å². The van der Waals surface area contributed by atoms with E-state index in [1.807, 2.05) is 38.1 Å². The summed E-state index contributed by atoms with van der Waals surface area (Å²) < 4.78 is 5.31. The molecule has 2 rings (SSSR count). The number of nitrogens with one attached hydrogen (secondary N) is 1. The number of nitrogens with zero attached hydrogens (tertiary/aromatic N) is 1. The molecule has 5 heteroatoms. The highest BCUT2D eigenvalue weighted by Crippen LogP contribution is 2.17. The summed E-state index contributed by atoms with van der Waals surface area (Å²) in [6, 6.07) is 7.96. The quantitative estimate of drug-likeness (QED) is 0.829. The molecule has 1 aliphatic rings. The highest BCUT2D eigenvalue weighted by atomic mass is 16.5. The van der Waals surface area contributed by atoms with E-state index in [1.165, 1.54) is 0 Å². The van der Waals surface area contributed by atoms with Crippen LogP contribution in [0.15, 0.2) is 24.3 Å². The van der Waals surface area contributed by atoms with Crippen LogP contribution in [0.25, 0.3) is 0 Å². The summed E-state index contributed by atoms with van der Waals surface area (Å²) in [5.74, 6) is -0.285. The summed E-state index contributed by atoms with van der Waals surface area (Å²) in [5.41, 5.74) is 1.19. The van der Waals surface area contributed by atoms with Crippen LogP contribution in [0.3, 0.4) is 0 Å². The van der Waals surface area contributed by atoms with Gasteiger partial charge in [-0.25, -0.2) is 0 Å². The van der Waals surface area contributed by atoms with E-state index < -0.39 is 5.60 Å². The average molecular weight is 320 g/mol. The molecule has 0 spiro atoms. The number of hydrogen-bond donors (Lipinski definition) is 2. The van der Waals surface area contributed by atoms with Gasteiger partial charge in [0.1, 0.15) is 0 Å². The lowest BCUT2D eigenvalue weighted by atomic mass is 9.98. The maximum absolute atomic E-state index is 12.3. The molecule has 5 nitrogen and oxygen atoms in total. The number of ether oxygens (including phenoxy) is 1. The fourth-order valence-electron chi connectivity index (χ4n) is 2.82. The third-order valence-electron chi connectivity index (χ3n) is 4.25. The molecule has 128 valence electrons. The van der Waals surface area contributed by atoms with Crippen LogP contribution in [0.1, 0.15) is 30.9 Å². The topological polar surface area (TPSA) is 61.8 Å². The Morgan fingerprint density at radius 2 is 2.13 bits per heavy atom. The first-order valence-electron chi connectivity index (χ1n) is 8.24. The minimum Gasteiger partial charge on any atom is -0.387 e. The standard InChI is InChI=1S/C18H28N2O3/c1-14-5-4-6-16(11-14)15(2)17(21)19-12-18(3,22)13-20-7-9-23-10-8-20/h4-6,11,15,22H,7-10,12-13H2,1-3H3,(H,19,21). The lowest BCUT2D eigenvalue weighted by molar-refractivity contribution is -0.123. The molecule has 2 unspecified atom stereocenters. The minimum absolute atomic E-state index is 0.0575. The average Bonchev–Trinajstić information content (AvgIpc) is 2.52. The van der Waals surface area contributed by atoms with Crippen LogP contribution >= 0.6 is 0 Å². The Morgan fingerprint density at radius 1 is 1.43 bits per heavy atom. The monoisotopic (exact) mass is 320 g/mol. The molecule has 0 radical (unpaired) electrons. The second kappa shape index (κ2) is 7.90. The first-order valence-corrected chi connectivity index (χ1v) is 8.24. The van der Waals surface area contributed by atoms with E-state index in [-0.39, 0.29) is 18.4 Å². The van der Waals surface area contributed by atoms with Gasteiger partial charge >= 0.3 is 0 Å². The number of hydrogen-bond acceptors (Lipinski definition) is 4. The van der Waals surface area contributed by atoms with Gasteiger partial charge in [-0.15, -0.1) is 0 Å². The van der Waals surface area contributed by atoms with Gasteiger partial charge in [0.2, 0.25) is 5.91 Å². The molecule has 23 heavy (non-hydrogen) atoms. The van der Waals surface area contributed by atoms with Gasteiger partial charge in [-0.05, 0) is 26.3 Å². The summed E-state index contributed by atoms with van der Waals surface area (Å²) in [5, 5.41) is 13.4. The van der Waals surface area contributed by atoms with Crippen molar-refractivity contribution in [2.75, 3.05) is 39.4 Å². The van der Waals surface area contributed by atoms with E-state index in [1.54, 1.807) is 6.92 Å². The molecule has 0 aliphatic carbocycles. The molecule has 1 aromatic carbocycles. The molecule has 0 saturated carbocycles. The van der Waals surface area contributed by atoms with Crippen LogP contribution in [0.2, 0.25) is 0 Å². The van der Waals surface area contributed by atoms with Crippen LogP contribution in [0, 0.1) is 6.92 Å². The van der Waals surface area contributed by atoms with Gasteiger partial charge in [0.25, 0.3) is 0 Å². The van der Waals surface area contributed by atoms with Crippen molar-refractivity contribution in [3.8, 4) is 0 Å². The van der Waals surface area contributed by atoms with Gasteiger partial charge in [-0.3, -0.25) is 9.69 Å². The summed E-state index contributed by atoms with van der Waals surface area (Å²) >= 11 is 0.